The Morgan fingerprint density at radius 3 is 2.36 bits per heavy atom. The Bertz CT molecular complexity index is 295. The first-order chi connectivity index (χ1) is 6.71. The molecule has 0 amide bonds. The van der Waals surface area contributed by atoms with Crippen molar-refractivity contribution in [2.24, 2.45) is 0 Å². The predicted molar refractivity (Wildman–Crippen MR) is 61.0 cm³/mol. The Labute approximate surface area is 85.5 Å². The van der Waals surface area contributed by atoms with Gasteiger partial charge in [-0.05, 0) is 19.9 Å². The van der Waals surface area contributed by atoms with Gasteiger partial charge in [-0.1, -0.05) is 0 Å². The first kappa shape index (κ1) is 10.7. The third kappa shape index (κ3) is 2.31. The number of hydrogen-bond acceptors (Lipinski definition) is 3. The van der Waals surface area contributed by atoms with Crippen molar-refractivity contribution in [1.82, 2.24) is 0 Å². The van der Waals surface area contributed by atoms with Crippen molar-refractivity contribution in [3.63, 3.8) is 0 Å². The van der Waals surface area contributed by atoms with E-state index >= 15 is 0 Å². The number of anilines is 2. The number of methoxy groups -OCH3 is 1. The minimum Gasteiger partial charge on any atom is -0.497 e. The molecule has 2 N–H and O–H groups in total. The summed E-state index contributed by atoms with van der Waals surface area (Å²) < 4.78 is 5.17. The monoisotopic (exact) mass is 194 g/mol. The van der Waals surface area contributed by atoms with E-state index in [4.69, 9.17) is 10.5 Å². The molecule has 1 aromatic rings. The van der Waals surface area contributed by atoms with E-state index in [2.05, 4.69) is 18.7 Å². The summed E-state index contributed by atoms with van der Waals surface area (Å²) in [5.41, 5.74) is 7.63. The molecule has 0 saturated carbocycles. The van der Waals surface area contributed by atoms with Gasteiger partial charge in [0.1, 0.15) is 5.75 Å². The third-order valence-corrected chi connectivity index (χ3v) is 2.28. The van der Waals surface area contributed by atoms with Crippen LogP contribution in [0.25, 0.3) is 0 Å². The number of hydrogen-bond donors (Lipinski definition) is 1. The zero-order valence-electron chi connectivity index (χ0n) is 9.08. The Kier molecular flexibility index (Phi) is 3.63. The number of ether oxygens (including phenoxy) is 1. The lowest BCUT2D eigenvalue weighted by Gasteiger charge is -2.21. The molecule has 0 heterocycles. The normalized spacial score (nSPS) is 9.93. The van der Waals surface area contributed by atoms with Gasteiger partial charge in [0.05, 0.1) is 7.11 Å². The van der Waals surface area contributed by atoms with E-state index in [9.17, 15) is 0 Å². The first-order valence-electron chi connectivity index (χ1n) is 4.90. The summed E-state index contributed by atoms with van der Waals surface area (Å²) in [7, 11) is 1.65. The highest BCUT2D eigenvalue weighted by Gasteiger charge is 2.04. The summed E-state index contributed by atoms with van der Waals surface area (Å²) in [5.74, 6) is 0.812. The van der Waals surface area contributed by atoms with Crippen molar-refractivity contribution in [2.75, 3.05) is 30.8 Å². The smallest absolute Gasteiger partial charge is 0.122 e. The molecule has 0 spiro atoms. The molecule has 3 heteroatoms. The summed E-state index contributed by atoms with van der Waals surface area (Å²) in [6.45, 7) is 6.20. The lowest BCUT2D eigenvalue weighted by molar-refractivity contribution is 0.415. The van der Waals surface area contributed by atoms with Crippen LogP contribution in [0.1, 0.15) is 13.8 Å². The average Bonchev–Trinajstić information content (AvgIpc) is 2.19. The molecule has 0 unspecified atom stereocenters. The van der Waals surface area contributed by atoms with E-state index in [1.807, 2.05) is 18.2 Å². The van der Waals surface area contributed by atoms with E-state index in [-0.39, 0.29) is 0 Å². The van der Waals surface area contributed by atoms with E-state index in [1.54, 1.807) is 7.11 Å². The summed E-state index contributed by atoms with van der Waals surface area (Å²) in [4.78, 5) is 2.24. The van der Waals surface area contributed by atoms with E-state index in [0.717, 1.165) is 30.2 Å². The van der Waals surface area contributed by atoms with Crippen LogP contribution in [0.3, 0.4) is 0 Å². The van der Waals surface area contributed by atoms with Crippen LogP contribution in [0, 0.1) is 0 Å². The highest BCUT2D eigenvalue weighted by molar-refractivity contribution is 5.60. The topological polar surface area (TPSA) is 38.5 Å². The molecule has 14 heavy (non-hydrogen) atoms. The fourth-order valence-corrected chi connectivity index (χ4v) is 1.49. The number of benzene rings is 1. The van der Waals surface area contributed by atoms with E-state index < -0.39 is 0 Å². The molecule has 78 valence electrons. The van der Waals surface area contributed by atoms with Gasteiger partial charge in [-0.2, -0.15) is 0 Å². The molecule has 0 saturated heterocycles. The minimum absolute atomic E-state index is 0.742. The third-order valence-electron chi connectivity index (χ3n) is 2.28. The van der Waals surface area contributed by atoms with Gasteiger partial charge in [0.25, 0.3) is 0 Å². The van der Waals surface area contributed by atoms with E-state index in [0.29, 0.717) is 0 Å². The fourth-order valence-electron chi connectivity index (χ4n) is 1.49. The molecule has 0 aliphatic heterocycles. The van der Waals surface area contributed by atoms with Crippen LogP contribution in [-0.2, 0) is 0 Å². The van der Waals surface area contributed by atoms with Crippen LogP contribution in [0.15, 0.2) is 18.2 Å². The van der Waals surface area contributed by atoms with Crippen molar-refractivity contribution >= 4 is 11.4 Å². The van der Waals surface area contributed by atoms with Crippen molar-refractivity contribution in [3.8, 4) is 5.75 Å². The van der Waals surface area contributed by atoms with Gasteiger partial charge in [-0.15, -0.1) is 0 Å². The Balaban J connectivity index is 3.01. The van der Waals surface area contributed by atoms with Crippen molar-refractivity contribution in [1.29, 1.82) is 0 Å². The molecule has 1 rings (SSSR count). The Morgan fingerprint density at radius 2 is 1.86 bits per heavy atom. The zero-order valence-corrected chi connectivity index (χ0v) is 9.08. The number of nitrogen functional groups attached to an aromatic ring is 1. The van der Waals surface area contributed by atoms with Crippen molar-refractivity contribution < 1.29 is 4.74 Å². The Hall–Kier alpha value is -1.38. The molecule has 1 aromatic carbocycles. The number of nitrogens with zero attached hydrogens (tertiary/aromatic N) is 1. The highest BCUT2D eigenvalue weighted by Crippen LogP contribution is 2.24. The molecule has 3 nitrogen and oxygen atoms in total. The first-order valence-corrected chi connectivity index (χ1v) is 4.90. The van der Waals surface area contributed by atoms with Crippen molar-refractivity contribution in [2.45, 2.75) is 13.8 Å². The summed E-state index contributed by atoms with van der Waals surface area (Å²) in [6, 6.07) is 5.80. The zero-order chi connectivity index (χ0) is 10.6. The fraction of sp³-hybridized carbons (Fsp3) is 0.455. The lowest BCUT2D eigenvalue weighted by atomic mass is 10.2. The quantitative estimate of drug-likeness (QED) is 0.746. The van der Waals surface area contributed by atoms with Gasteiger partial charge < -0.3 is 15.4 Å². The standard InChI is InChI=1S/C11H18N2O/c1-4-13(5-2)10-6-9(12)7-11(8-10)14-3/h6-8H,4-5,12H2,1-3H3. The number of nitrogens with two attached hydrogens (primary N) is 1. The second-order valence-corrected chi connectivity index (χ2v) is 3.14. The average molecular weight is 194 g/mol. The van der Waals surface area contributed by atoms with Crippen LogP contribution in [0.2, 0.25) is 0 Å². The van der Waals surface area contributed by atoms with E-state index in [1.165, 1.54) is 0 Å². The molecular weight excluding hydrogens is 176 g/mol. The molecule has 0 fully saturated rings. The largest absolute Gasteiger partial charge is 0.497 e. The predicted octanol–water partition coefficient (Wildman–Crippen LogP) is 2.12. The highest BCUT2D eigenvalue weighted by atomic mass is 16.5. The van der Waals surface area contributed by atoms with Gasteiger partial charge in [-0.25, -0.2) is 0 Å². The molecule has 0 atom stereocenters. The second-order valence-electron chi connectivity index (χ2n) is 3.14. The van der Waals surface area contributed by atoms with Crippen LogP contribution >= 0.6 is 0 Å². The molecule has 0 radical (unpaired) electrons. The molecular formula is C11H18N2O. The molecule has 0 aliphatic carbocycles. The number of rotatable bonds is 4. The van der Waals surface area contributed by atoms with Gasteiger partial charge in [0.15, 0.2) is 0 Å². The SMILES string of the molecule is CCN(CC)c1cc(N)cc(OC)c1. The lowest BCUT2D eigenvalue weighted by Crippen LogP contribution is -2.21. The summed E-state index contributed by atoms with van der Waals surface area (Å²) >= 11 is 0. The molecule has 0 bridgehead atoms. The van der Waals surface area contributed by atoms with Crippen LogP contribution in [0.5, 0.6) is 5.75 Å². The maximum atomic E-state index is 5.78. The van der Waals surface area contributed by atoms with Crippen LogP contribution in [0.4, 0.5) is 11.4 Å². The minimum atomic E-state index is 0.742. The van der Waals surface area contributed by atoms with Crippen LogP contribution in [-0.4, -0.2) is 20.2 Å². The van der Waals surface area contributed by atoms with Gasteiger partial charge >= 0.3 is 0 Å². The molecule has 0 aliphatic rings. The van der Waals surface area contributed by atoms with Crippen molar-refractivity contribution in [3.05, 3.63) is 18.2 Å². The Morgan fingerprint density at radius 1 is 1.21 bits per heavy atom. The van der Waals surface area contributed by atoms with Gasteiger partial charge in [-0.3, -0.25) is 0 Å². The van der Waals surface area contributed by atoms with Gasteiger partial charge in [0, 0.05) is 36.6 Å². The van der Waals surface area contributed by atoms with Crippen LogP contribution < -0.4 is 15.4 Å². The second kappa shape index (κ2) is 4.74. The summed E-state index contributed by atoms with van der Waals surface area (Å²) in [5, 5.41) is 0. The maximum Gasteiger partial charge on any atom is 0.122 e. The summed E-state index contributed by atoms with van der Waals surface area (Å²) in [6.07, 6.45) is 0. The maximum absolute atomic E-state index is 5.78. The van der Waals surface area contributed by atoms with Gasteiger partial charge in [0.2, 0.25) is 0 Å². The molecule has 0 aromatic heterocycles.